The molecule has 0 aromatic heterocycles. The van der Waals surface area contributed by atoms with E-state index in [4.69, 9.17) is 4.74 Å². The average molecular weight is 281 g/mol. The predicted molar refractivity (Wildman–Crippen MR) is 73.2 cm³/mol. The topological polar surface area (TPSA) is 49.8 Å². The van der Waals surface area contributed by atoms with Crippen LogP contribution in [0.2, 0.25) is 0 Å². The van der Waals surface area contributed by atoms with Gasteiger partial charge in [-0.15, -0.1) is 0 Å². The van der Waals surface area contributed by atoms with E-state index in [1.807, 2.05) is 4.90 Å². The molecule has 1 heterocycles. The number of methoxy groups -OCH3 is 1. The third-order valence-electron chi connectivity index (χ3n) is 3.86. The molecule has 1 aliphatic heterocycles. The number of carboxylic acids is 1. The Morgan fingerprint density at radius 3 is 2.90 bits per heavy atom. The van der Waals surface area contributed by atoms with Crippen molar-refractivity contribution in [2.75, 3.05) is 13.7 Å². The summed E-state index contributed by atoms with van der Waals surface area (Å²) in [6, 6.07) is 4.11. The van der Waals surface area contributed by atoms with Crippen molar-refractivity contribution >= 4 is 5.97 Å². The van der Waals surface area contributed by atoms with Gasteiger partial charge >= 0.3 is 5.97 Å². The van der Waals surface area contributed by atoms with E-state index in [1.165, 1.54) is 13.2 Å². The first-order chi connectivity index (χ1) is 9.52. The zero-order chi connectivity index (χ0) is 14.7. The largest absolute Gasteiger partial charge is 0.496 e. The maximum Gasteiger partial charge on any atom is 0.320 e. The van der Waals surface area contributed by atoms with Crippen molar-refractivity contribution < 1.29 is 19.0 Å². The molecule has 0 spiro atoms. The fourth-order valence-electron chi connectivity index (χ4n) is 2.78. The zero-order valence-electron chi connectivity index (χ0n) is 11.8. The summed E-state index contributed by atoms with van der Waals surface area (Å²) in [6.45, 7) is 3.01. The van der Waals surface area contributed by atoms with Crippen LogP contribution in [0.1, 0.15) is 25.3 Å². The lowest BCUT2D eigenvalue weighted by Gasteiger charge is -2.36. The van der Waals surface area contributed by atoms with Gasteiger partial charge < -0.3 is 9.84 Å². The highest BCUT2D eigenvalue weighted by Gasteiger charge is 2.32. The molecule has 5 heteroatoms. The summed E-state index contributed by atoms with van der Waals surface area (Å²) in [5, 5.41) is 9.30. The first-order valence-electron chi connectivity index (χ1n) is 6.81. The summed E-state index contributed by atoms with van der Waals surface area (Å²) in [4.78, 5) is 13.2. The smallest absolute Gasteiger partial charge is 0.320 e. The van der Waals surface area contributed by atoms with Crippen LogP contribution in [0.25, 0.3) is 0 Å². The Morgan fingerprint density at radius 1 is 1.50 bits per heavy atom. The lowest BCUT2D eigenvalue weighted by Crippen LogP contribution is -2.46. The first-order valence-corrected chi connectivity index (χ1v) is 6.81. The molecule has 0 amide bonds. The molecule has 2 atom stereocenters. The Morgan fingerprint density at radius 2 is 2.25 bits per heavy atom. The number of rotatable bonds is 4. The third-order valence-corrected chi connectivity index (χ3v) is 3.86. The van der Waals surface area contributed by atoms with Crippen molar-refractivity contribution in [1.29, 1.82) is 0 Å². The van der Waals surface area contributed by atoms with Gasteiger partial charge in [0.15, 0.2) is 0 Å². The van der Waals surface area contributed by atoms with E-state index in [-0.39, 0.29) is 12.4 Å². The van der Waals surface area contributed by atoms with Crippen LogP contribution in [0.4, 0.5) is 4.39 Å². The van der Waals surface area contributed by atoms with Crippen molar-refractivity contribution in [3.05, 3.63) is 29.6 Å². The third kappa shape index (κ3) is 3.10. The molecule has 0 unspecified atom stereocenters. The van der Waals surface area contributed by atoms with Gasteiger partial charge in [-0.25, -0.2) is 4.39 Å². The molecule has 1 N–H and O–H groups in total. The van der Waals surface area contributed by atoms with Gasteiger partial charge in [0, 0.05) is 18.7 Å². The highest BCUT2D eigenvalue weighted by atomic mass is 19.1. The van der Waals surface area contributed by atoms with Crippen LogP contribution in [0.3, 0.4) is 0 Å². The normalized spacial score (nSPS) is 23.6. The number of likely N-dealkylation sites (tertiary alicyclic amines) is 1. The van der Waals surface area contributed by atoms with Gasteiger partial charge in [0.25, 0.3) is 0 Å². The molecule has 1 aliphatic rings. The van der Waals surface area contributed by atoms with Crippen LogP contribution < -0.4 is 4.74 Å². The lowest BCUT2D eigenvalue weighted by atomic mass is 9.93. The molecule has 1 saturated heterocycles. The standard InChI is InChI=1S/C15H20FNO3/c1-10-6-7-13(15(18)19)17(8-10)9-11-12(16)4-3-5-14(11)20-2/h3-5,10,13H,6-9H2,1-2H3,(H,18,19)/t10-,13+/m1/s1. The van der Waals surface area contributed by atoms with Crippen molar-refractivity contribution in [3.8, 4) is 5.75 Å². The van der Waals surface area contributed by atoms with Gasteiger partial charge in [-0.05, 0) is 30.9 Å². The van der Waals surface area contributed by atoms with Gasteiger partial charge in [0.1, 0.15) is 17.6 Å². The zero-order valence-corrected chi connectivity index (χ0v) is 11.8. The summed E-state index contributed by atoms with van der Waals surface area (Å²) < 4.78 is 19.1. The lowest BCUT2D eigenvalue weighted by molar-refractivity contribution is -0.145. The Labute approximate surface area is 118 Å². The highest BCUT2D eigenvalue weighted by Crippen LogP contribution is 2.28. The number of hydrogen-bond donors (Lipinski definition) is 1. The quantitative estimate of drug-likeness (QED) is 0.921. The van der Waals surface area contributed by atoms with E-state index in [0.29, 0.717) is 30.2 Å². The second kappa shape index (κ2) is 6.22. The van der Waals surface area contributed by atoms with Crippen LogP contribution in [0.15, 0.2) is 18.2 Å². The molecular weight excluding hydrogens is 261 g/mol. The molecule has 20 heavy (non-hydrogen) atoms. The maximum atomic E-state index is 14.0. The van der Waals surface area contributed by atoms with Gasteiger partial charge in [0.05, 0.1) is 7.11 Å². The SMILES string of the molecule is COc1cccc(F)c1CN1C[C@H](C)CC[C@H]1C(=O)O. The van der Waals surface area contributed by atoms with Crippen LogP contribution in [0, 0.1) is 11.7 Å². The number of halogens is 1. The Balaban J connectivity index is 2.24. The van der Waals surface area contributed by atoms with Gasteiger partial charge in [-0.2, -0.15) is 0 Å². The molecule has 110 valence electrons. The van der Waals surface area contributed by atoms with E-state index in [9.17, 15) is 14.3 Å². The molecular formula is C15H20FNO3. The van der Waals surface area contributed by atoms with Crippen molar-refractivity contribution in [2.24, 2.45) is 5.92 Å². The minimum Gasteiger partial charge on any atom is -0.496 e. The maximum absolute atomic E-state index is 14.0. The molecule has 0 radical (unpaired) electrons. The summed E-state index contributed by atoms with van der Waals surface area (Å²) in [6.07, 6.45) is 1.50. The molecule has 2 rings (SSSR count). The van der Waals surface area contributed by atoms with Gasteiger partial charge in [0.2, 0.25) is 0 Å². The minimum atomic E-state index is -0.841. The van der Waals surface area contributed by atoms with E-state index in [2.05, 4.69) is 6.92 Å². The van der Waals surface area contributed by atoms with Crippen LogP contribution >= 0.6 is 0 Å². The first kappa shape index (κ1) is 14.8. The number of hydrogen-bond acceptors (Lipinski definition) is 3. The molecule has 4 nitrogen and oxygen atoms in total. The number of ether oxygens (including phenoxy) is 1. The van der Waals surface area contributed by atoms with Crippen molar-refractivity contribution in [1.82, 2.24) is 4.90 Å². The number of carboxylic acid groups (broad SMARTS) is 1. The Hall–Kier alpha value is -1.62. The molecule has 0 aliphatic carbocycles. The fourth-order valence-corrected chi connectivity index (χ4v) is 2.78. The van der Waals surface area contributed by atoms with E-state index < -0.39 is 12.0 Å². The highest BCUT2D eigenvalue weighted by molar-refractivity contribution is 5.73. The van der Waals surface area contributed by atoms with Crippen molar-refractivity contribution in [2.45, 2.75) is 32.4 Å². The average Bonchev–Trinajstić information content (AvgIpc) is 2.40. The monoisotopic (exact) mass is 281 g/mol. The van der Waals surface area contributed by atoms with Gasteiger partial charge in [-0.3, -0.25) is 9.69 Å². The number of piperidine rings is 1. The number of aliphatic carboxylic acids is 1. The number of nitrogens with zero attached hydrogens (tertiary/aromatic N) is 1. The molecule has 0 bridgehead atoms. The predicted octanol–water partition coefficient (Wildman–Crippen LogP) is 2.52. The summed E-state index contributed by atoms with van der Waals surface area (Å²) in [5.74, 6) is -0.311. The van der Waals surface area contributed by atoms with E-state index in [1.54, 1.807) is 12.1 Å². The minimum absolute atomic E-state index is 0.261. The van der Waals surface area contributed by atoms with Gasteiger partial charge in [-0.1, -0.05) is 13.0 Å². The molecule has 1 aromatic rings. The second-order valence-corrected chi connectivity index (χ2v) is 5.39. The molecule has 1 aromatic carbocycles. The van der Waals surface area contributed by atoms with E-state index >= 15 is 0 Å². The number of benzene rings is 1. The second-order valence-electron chi connectivity index (χ2n) is 5.39. The van der Waals surface area contributed by atoms with E-state index in [0.717, 1.165) is 6.42 Å². The molecule has 1 fully saturated rings. The van der Waals surface area contributed by atoms with Crippen LogP contribution in [0.5, 0.6) is 5.75 Å². The van der Waals surface area contributed by atoms with Crippen LogP contribution in [-0.2, 0) is 11.3 Å². The summed E-state index contributed by atoms with van der Waals surface area (Å²) >= 11 is 0. The number of carbonyl (C=O) groups is 1. The fraction of sp³-hybridized carbons (Fsp3) is 0.533. The molecule has 0 saturated carbocycles. The summed E-state index contributed by atoms with van der Waals surface area (Å²) in [7, 11) is 1.49. The van der Waals surface area contributed by atoms with Crippen molar-refractivity contribution in [3.63, 3.8) is 0 Å². The summed E-state index contributed by atoms with van der Waals surface area (Å²) in [5.41, 5.74) is 0.426. The van der Waals surface area contributed by atoms with Crippen LogP contribution in [-0.4, -0.2) is 35.7 Å². The Bertz CT molecular complexity index is 492. The Kier molecular flexibility index (Phi) is 4.60.